The molecule has 3 fully saturated rings. The summed E-state index contributed by atoms with van der Waals surface area (Å²) in [6, 6.07) is -0.767. The molecule has 3 rings (SSSR count). The summed E-state index contributed by atoms with van der Waals surface area (Å²) in [7, 11) is 4.50. The van der Waals surface area contributed by atoms with Crippen LogP contribution in [0.2, 0.25) is 0 Å². The van der Waals surface area contributed by atoms with Crippen LogP contribution in [-0.4, -0.2) is 157 Å². The average Bonchev–Trinajstić information content (AvgIpc) is 3.38. The number of ketones is 2. The van der Waals surface area contributed by atoms with E-state index < -0.39 is 84.8 Å². The number of carbonyl (C=O) groups is 6. The summed E-state index contributed by atoms with van der Waals surface area (Å²) in [4.78, 5) is 80.2. The van der Waals surface area contributed by atoms with E-state index in [0.717, 1.165) is 18.4 Å². The van der Waals surface area contributed by atoms with Gasteiger partial charge in [0.1, 0.15) is 41.7 Å². The van der Waals surface area contributed by atoms with Crippen LogP contribution in [0, 0.1) is 40.9 Å². The molecule has 3 aliphatic rings. The Bertz CT molecular complexity index is 1960. The number of amides is 1. The second-order valence-corrected chi connectivity index (χ2v) is 21.9. The standard InChI is InChI=1S/C57H91NO16/c1-35(18-14-13-15-19-36(2)48(69-10)30-44-23-21-41(7)57(68,34-61)74-44)26-39(5)51(64)53(71-12)52(65)40(6)27-37(3)46(63)31-49(72-54(66)45-20-16-17-25-58(45)42(8)62)38(4)28-43-22-24-47(50(29-43)70-11)73-55(67)56(9,32-59)33-60/h13-15,18-19,27,34-35,37-39,41,43-45,47-50,52-53,59-60,65,68H,16-17,20-26,28-33H2,1-12H3/b15-13+,18-14+,36-19+,40-27+/t35-,37-,38-,39-,41-,43+,44+,45+,47-,48+,49+,50-,52-,53+,57+/m1/s1. The van der Waals surface area contributed by atoms with Crippen molar-refractivity contribution in [2.24, 2.45) is 40.9 Å². The van der Waals surface area contributed by atoms with E-state index in [1.807, 2.05) is 51.2 Å². The molecule has 15 atom stereocenters. The number of piperidine rings is 1. The maximum atomic E-state index is 14.1. The lowest BCUT2D eigenvalue weighted by Gasteiger charge is -2.39. The van der Waals surface area contributed by atoms with Crippen molar-refractivity contribution in [2.75, 3.05) is 41.1 Å². The molecule has 1 saturated carbocycles. The number of ether oxygens (including phenoxy) is 6. The second kappa shape index (κ2) is 30.7. The highest BCUT2D eigenvalue weighted by Crippen LogP contribution is 2.37. The summed E-state index contributed by atoms with van der Waals surface area (Å²) in [5.74, 6) is -5.60. The molecule has 0 aromatic carbocycles. The first-order chi connectivity index (χ1) is 34.9. The SMILES string of the molecule is CO[C@@H](C[C@@H]1CC[C@@H](C)[C@](O)(C=O)O1)/C(C)=C/C=C/C=C/[C@@H](C)C[C@@H](C)C(=O)[C@H](OC)[C@H](O)/C(C)=C/[C@@H](C)C(=O)C[C@H](OC(=O)[C@@H]1CCCCN1C(C)=O)[C@H](C)C[C@@H]1CC[C@@H](OC(=O)C(C)(CO)CO)[C@H](OC)C1. The predicted octanol–water partition coefficient (Wildman–Crippen LogP) is 6.36. The van der Waals surface area contributed by atoms with Crippen LogP contribution in [-0.2, 0) is 57.2 Å². The molecule has 74 heavy (non-hydrogen) atoms. The Labute approximate surface area is 440 Å². The van der Waals surface area contributed by atoms with Gasteiger partial charge in [-0.2, -0.15) is 0 Å². The zero-order valence-corrected chi connectivity index (χ0v) is 46.4. The summed E-state index contributed by atoms with van der Waals surface area (Å²) < 4.78 is 34.7. The van der Waals surface area contributed by atoms with Gasteiger partial charge in [0.05, 0.1) is 31.5 Å². The molecule has 1 amide bonds. The molecule has 2 heterocycles. The summed E-state index contributed by atoms with van der Waals surface area (Å²) in [6.07, 6.45) is 13.0. The van der Waals surface area contributed by atoms with E-state index in [2.05, 4.69) is 0 Å². The average molecular weight is 1050 g/mol. The van der Waals surface area contributed by atoms with Gasteiger partial charge in [0.25, 0.3) is 0 Å². The number of carbonyl (C=O) groups excluding carboxylic acids is 6. The Morgan fingerprint density at radius 3 is 2.16 bits per heavy atom. The van der Waals surface area contributed by atoms with E-state index in [9.17, 15) is 49.2 Å². The second-order valence-electron chi connectivity index (χ2n) is 21.9. The number of hydrogen-bond donors (Lipinski definition) is 4. The fraction of sp³-hybridized carbons (Fsp3) is 0.754. The Balaban J connectivity index is 1.66. The maximum absolute atomic E-state index is 14.1. The van der Waals surface area contributed by atoms with Crippen molar-refractivity contribution in [1.29, 1.82) is 0 Å². The van der Waals surface area contributed by atoms with Crippen molar-refractivity contribution in [3.05, 3.63) is 47.6 Å². The minimum absolute atomic E-state index is 0.00226. The molecule has 0 spiro atoms. The lowest BCUT2D eigenvalue weighted by Crippen LogP contribution is -2.49. The zero-order valence-electron chi connectivity index (χ0n) is 46.4. The molecule has 4 N–H and O–H groups in total. The fourth-order valence-electron chi connectivity index (χ4n) is 10.4. The third-order valence-electron chi connectivity index (χ3n) is 15.7. The van der Waals surface area contributed by atoms with Gasteiger partial charge >= 0.3 is 11.9 Å². The Morgan fingerprint density at radius 1 is 0.865 bits per heavy atom. The molecule has 0 aromatic rings. The molecule has 17 heteroatoms. The number of rotatable bonds is 29. The van der Waals surface area contributed by atoms with Crippen molar-refractivity contribution in [1.82, 2.24) is 4.90 Å². The number of esters is 2. The Morgan fingerprint density at radius 2 is 1.55 bits per heavy atom. The van der Waals surface area contributed by atoms with Gasteiger partial charge in [-0.1, -0.05) is 71.1 Å². The number of likely N-dealkylation sites (tertiary alicyclic amines) is 1. The first-order valence-electron chi connectivity index (χ1n) is 26.7. The summed E-state index contributed by atoms with van der Waals surface area (Å²) in [5.41, 5.74) is -0.127. The molecule has 0 bridgehead atoms. The van der Waals surface area contributed by atoms with Gasteiger partial charge in [-0.3, -0.25) is 24.0 Å². The van der Waals surface area contributed by atoms with Crippen LogP contribution in [0.1, 0.15) is 139 Å². The quantitative estimate of drug-likeness (QED) is 0.0276. The van der Waals surface area contributed by atoms with Crippen molar-refractivity contribution in [2.45, 2.75) is 194 Å². The minimum atomic E-state index is -1.79. The largest absolute Gasteiger partial charge is 0.460 e. The minimum Gasteiger partial charge on any atom is -0.460 e. The molecular formula is C57H91NO16. The monoisotopic (exact) mass is 1050 g/mol. The molecule has 1 aliphatic carbocycles. The van der Waals surface area contributed by atoms with Crippen LogP contribution in [0.25, 0.3) is 0 Å². The van der Waals surface area contributed by atoms with Gasteiger partial charge in [-0.05, 0) is 114 Å². The first kappa shape index (κ1) is 64.3. The van der Waals surface area contributed by atoms with E-state index >= 15 is 0 Å². The van der Waals surface area contributed by atoms with E-state index in [-0.39, 0.29) is 59.8 Å². The highest BCUT2D eigenvalue weighted by Gasteiger charge is 2.43. The van der Waals surface area contributed by atoms with Gasteiger partial charge < -0.3 is 53.7 Å². The third-order valence-corrected chi connectivity index (χ3v) is 15.7. The molecule has 0 radical (unpaired) electrons. The van der Waals surface area contributed by atoms with Crippen LogP contribution in [0.4, 0.5) is 0 Å². The molecule has 420 valence electrons. The molecule has 0 unspecified atom stereocenters. The maximum Gasteiger partial charge on any atom is 0.329 e. The number of aliphatic hydroxyl groups excluding tert-OH is 3. The number of nitrogens with zero attached hydrogens (tertiary/aromatic N) is 1. The zero-order chi connectivity index (χ0) is 55.5. The number of methoxy groups -OCH3 is 3. The number of aldehydes is 1. The van der Waals surface area contributed by atoms with E-state index in [1.165, 1.54) is 33.0 Å². The number of aliphatic hydroxyl groups is 4. The van der Waals surface area contributed by atoms with Gasteiger partial charge in [0.2, 0.25) is 11.7 Å². The van der Waals surface area contributed by atoms with Gasteiger partial charge in [0, 0.05) is 65.4 Å². The highest BCUT2D eigenvalue weighted by atomic mass is 16.6. The van der Waals surface area contributed by atoms with Crippen molar-refractivity contribution in [3.8, 4) is 0 Å². The topological polar surface area (TPSA) is 242 Å². The lowest BCUT2D eigenvalue weighted by atomic mass is 9.78. The smallest absolute Gasteiger partial charge is 0.329 e. The van der Waals surface area contributed by atoms with Crippen LogP contribution < -0.4 is 0 Å². The molecule has 2 saturated heterocycles. The van der Waals surface area contributed by atoms with Crippen molar-refractivity contribution < 1.29 is 77.6 Å². The van der Waals surface area contributed by atoms with Gasteiger partial charge in [-0.15, -0.1) is 0 Å². The number of hydrogen-bond acceptors (Lipinski definition) is 16. The normalized spacial score (nSPS) is 27.6. The molecule has 2 aliphatic heterocycles. The number of Topliss-reactive ketones (excluding diaryl/α,β-unsaturated/α-hetero) is 2. The molecular weight excluding hydrogens is 955 g/mol. The Kier molecular flexibility index (Phi) is 26.7. The first-order valence-corrected chi connectivity index (χ1v) is 26.7. The fourth-order valence-corrected chi connectivity index (χ4v) is 10.4. The Hall–Kier alpha value is -3.94. The van der Waals surface area contributed by atoms with E-state index in [4.69, 9.17) is 28.4 Å². The van der Waals surface area contributed by atoms with Gasteiger partial charge in [-0.25, -0.2) is 4.79 Å². The third kappa shape index (κ3) is 18.4. The van der Waals surface area contributed by atoms with Crippen LogP contribution >= 0.6 is 0 Å². The summed E-state index contributed by atoms with van der Waals surface area (Å²) in [6.45, 7) is 14.9. The molecule has 0 aromatic heterocycles. The molecule has 17 nitrogen and oxygen atoms in total. The van der Waals surface area contributed by atoms with Gasteiger partial charge in [0.15, 0.2) is 12.1 Å². The van der Waals surface area contributed by atoms with Crippen LogP contribution in [0.3, 0.4) is 0 Å². The highest BCUT2D eigenvalue weighted by molar-refractivity contribution is 5.87. The van der Waals surface area contributed by atoms with Crippen LogP contribution in [0.5, 0.6) is 0 Å². The summed E-state index contributed by atoms with van der Waals surface area (Å²) >= 11 is 0. The number of allylic oxidation sites excluding steroid dienone is 6. The van der Waals surface area contributed by atoms with Crippen molar-refractivity contribution in [3.63, 3.8) is 0 Å². The van der Waals surface area contributed by atoms with E-state index in [1.54, 1.807) is 40.9 Å². The van der Waals surface area contributed by atoms with E-state index in [0.29, 0.717) is 76.2 Å². The predicted molar refractivity (Wildman–Crippen MR) is 278 cm³/mol. The summed E-state index contributed by atoms with van der Waals surface area (Å²) in [5, 5.41) is 41.5. The lowest BCUT2D eigenvalue weighted by molar-refractivity contribution is -0.258. The van der Waals surface area contributed by atoms with Crippen LogP contribution in [0.15, 0.2) is 47.6 Å². The van der Waals surface area contributed by atoms with Crippen molar-refractivity contribution >= 4 is 35.7 Å².